The van der Waals surface area contributed by atoms with Gasteiger partial charge in [-0.05, 0) is 59.5 Å². The largest absolute Gasteiger partial charge is 0.343 e. The van der Waals surface area contributed by atoms with Crippen molar-refractivity contribution in [3.63, 3.8) is 0 Å². The molecule has 0 saturated carbocycles. The topological polar surface area (TPSA) is 9.86 Å². The zero-order valence-electron chi connectivity index (χ0n) is 22.6. The van der Waals surface area contributed by atoms with Gasteiger partial charge in [-0.2, -0.15) is 0 Å². The van der Waals surface area contributed by atoms with E-state index in [0.717, 1.165) is 0 Å². The number of hydrogen-bond donors (Lipinski definition) is 0. The lowest BCUT2D eigenvalue weighted by Gasteiger charge is -2.11. The third kappa shape index (κ3) is 3.36. The van der Waals surface area contributed by atoms with Crippen LogP contribution in [-0.4, -0.2) is 9.13 Å². The van der Waals surface area contributed by atoms with Crippen LogP contribution < -0.4 is 0 Å². The minimum Gasteiger partial charge on any atom is -0.343 e. The van der Waals surface area contributed by atoms with Gasteiger partial charge in [0.25, 0.3) is 0 Å². The van der Waals surface area contributed by atoms with Gasteiger partial charge in [0.05, 0.1) is 16.6 Å². The van der Waals surface area contributed by atoms with Gasteiger partial charge in [-0.25, -0.2) is 0 Å². The van der Waals surface area contributed by atoms with E-state index in [1.807, 2.05) is 0 Å². The Bertz CT molecular complexity index is 2230. The first-order chi connectivity index (χ1) is 19.7. The van der Waals surface area contributed by atoms with Crippen LogP contribution in [0.5, 0.6) is 0 Å². The average Bonchev–Trinajstić information content (AvgIpc) is 3.49. The standard InChI is InChI=1S/C38H28N2/c1-25-9-7-10-29(23-25)40-36-16-6-4-11-31(36)33-22-21-28(24-37(33)40)26-17-19-27(20-18-26)30-13-8-14-34-32-12-3-5-15-35(32)39(2)38(30)34/h3-24H,1-2H3. The molecule has 2 heterocycles. The number of fused-ring (bicyclic) bond motifs is 6. The van der Waals surface area contributed by atoms with Crippen LogP contribution in [0.4, 0.5) is 0 Å². The SMILES string of the molecule is Cc1cccc(-n2c3ccccc3c3ccc(-c4ccc(-c5cccc6c7ccccc7n(C)c56)cc4)cc32)c1. The molecule has 8 aromatic rings. The van der Waals surface area contributed by atoms with Gasteiger partial charge in [-0.3, -0.25) is 0 Å². The fourth-order valence-electron chi connectivity index (χ4n) is 6.51. The third-order valence-electron chi connectivity index (χ3n) is 8.39. The van der Waals surface area contributed by atoms with Gasteiger partial charge in [0, 0.05) is 45.4 Å². The van der Waals surface area contributed by atoms with Gasteiger partial charge in [0.2, 0.25) is 0 Å². The molecule has 0 aliphatic carbocycles. The van der Waals surface area contributed by atoms with Crippen molar-refractivity contribution in [1.29, 1.82) is 0 Å². The maximum Gasteiger partial charge on any atom is 0.0568 e. The van der Waals surface area contributed by atoms with Crippen LogP contribution in [0.3, 0.4) is 0 Å². The van der Waals surface area contributed by atoms with Crippen LogP contribution in [0.15, 0.2) is 133 Å². The Hall–Kier alpha value is -5.08. The van der Waals surface area contributed by atoms with Gasteiger partial charge in [0.1, 0.15) is 0 Å². The molecule has 0 fully saturated rings. The number of rotatable bonds is 3. The molecular formula is C38H28N2. The zero-order chi connectivity index (χ0) is 26.8. The molecule has 0 aliphatic heterocycles. The second-order valence-electron chi connectivity index (χ2n) is 10.8. The van der Waals surface area contributed by atoms with Crippen molar-refractivity contribution in [3.05, 3.63) is 139 Å². The van der Waals surface area contributed by atoms with Gasteiger partial charge < -0.3 is 9.13 Å². The second-order valence-corrected chi connectivity index (χ2v) is 10.8. The van der Waals surface area contributed by atoms with Gasteiger partial charge in [-0.1, -0.05) is 103 Å². The van der Waals surface area contributed by atoms with Crippen molar-refractivity contribution in [1.82, 2.24) is 9.13 Å². The molecule has 0 aliphatic rings. The summed E-state index contributed by atoms with van der Waals surface area (Å²) in [5, 5.41) is 5.16. The minimum absolute atomic E-state index is 1.20. The van der Waals surface area contributed by atoms with Crippen LogP contribution in [0.1, 0.15) is 5.56 Å². The Balaban J connectivity index is 1.27. The first kappa shape index (κ1) is 22.9. The maximum atomic E-state index is 2.40. The zero-order valence-corrected chi connectivity index (χ0v) is 22.6. The lowest BCUT2D eigenvalue weighted by atomic mass is 9.98. The number of aromatic nitrogens is 2. The van der Waals surface area contributed by atoms with Crippen molar-refractivity contribution >= 4 is 43.6 Å². The van der Waals surface area contributed by atoms with E-state index in [1.165, 1.54) is 77.1 Å². The number of benzene rings is 6. The molecule has 0 atom stereocenters. The lowest BCUT2D eigenvalue weighted by Crippen LogP contribution is -1.94. The van der Waals surface area contributed by atoms with Crippen LogP contribution in [0.25, 0.3) is 71.6 Å². The van der Waals surface area contributed by atoms with E-state index in [2.05, 4.69) is 157 Å². The molecular weight excluding hydrogens is 484 g/mol. The summed E-state index contributed by atoms with van der Waals surface area (Å²) < 4.78 is 4.72. The highest BCUT2D eigenvalue weighted by molar-refractivity contribution is 6.13. The molecule has 6 aromatic carbocycles. The molecule has 190 valence electrons. The number of para-hydroxylation sites is 3. The Labute approximate surface area is 233 Å². The van der Waals surface area contributed by atoms with E-state index >= 15 is 0 Å². The van der Waals surface area contributed by atoms with E-state index in [4.69, 9.17) is 0 Å². The average molecular weight is 513 g/mol. The van der Waals surface area contributed by atoms with Crippen LogP contribution in [0.2, 0.25) is 0 Å². The maximum absolute atomic E-state index is 2.40. The van der Waals surface area contributed by atoms with E-state index in [-0.39, 0.29) is 0 Å². The van der Waals surface area contributed by atoms with Crippen LogP contribution >= 0.6 is 0 Å². The molecule has 2 heteroatoms. The Morgan fingerprint density at radius 1 is 0.450 bits per heavy atom. The molecule has 0 spiro atoms. The molecule has 0 saturated heterocycles. The van der Waals surface area contributed by atoms with Crippen molar-refractivity contribution in [2.24, 2.45) is 7.05 Å². The molecule has 0 unspecified atom stereocenters. The van der Waals surface area contributed by atoms with Crippen LogP contribution in [0, 0.1) is 6.92 Å². The summed E-state index contributed by atoms with van der Waals surface area (Å²) in [4.78, 5) is 0. The minimum atomic E-state index is 1.20. The smallest absolute Gasteiger partial charge is 0.0568 e. The highest BCUT2D eigenvalue weighted by atomic mass is 15.0. The van der Waals surface area contributed by atoms with Crippen molar-refractivity contribution in [2.75, 3.05) is 0 Å². The summed E-state index contributed by atoms with van der Waals surface area (Å²) in [5.41, 5.74) is 12.4. The molecule has 2 nitrogen and oxygen atoms in total. The Morgan fingerprint density at radius 2 is 1.07 bits per heavy atom. The summed E-state index contributed by atoms with van der Waals surface area (Å²) >= 11 is 0. The highest BCUT2D eigenvalue weighted by Crippen LogP contribution is 2.38. The van der Waals surface area contributed by atoms with Gasteiger partial charge in [0.15, 0.2) is 0 Å². The van der Waals surface area contributed by atoms with Gasteiger partial charge >= 0.3 is 0 Å². The Kier molecular flexibility index (Phi) is 4.99. The first-order valence-electron chi connectivity index (χ1n) is 13.8. The van der Waals surface area contributed by atoms with Crippen LogP contribution in [-0.2, 0) is 7.05 Å². The summed E-state index contributed by atoms with van der Waals surface area (Å²) in [6, 6.07) is 48.7. The third-order valence-corrected chi connectivity index (χ3v) is 8.39. The normalized spacial score (nSPS) is 11.8. The lowest BCUT2D eigenvalue weighted by molar-refractivity contribution is 1.02. The quantitative estimate of drug-likeness (QED) is 0.223. The second kappa shape index (κ2) is 8.72. The van der Waals surface area contributed by atoms with E-state index in [1.54, 1.807) is 0 Å². The molecule has 2 aromatic heterocycles. The number of nitrogens with zero attached hydrogens (tertiary/aromatic N) is 2. The van der Waals surface area contributed by atoms with Crippen molar-refractivity contribution in [2.45, 2.75) is 6.92 Å². The molecule has 0 N–H and O–H groups in total. The van der Waals surface area contributed by atoms with E-state index in [0.29, 0.717) is 0 Å². The predicted molar refractivity (Wildman–Crippen MR) is 170 cm³/mol. The van der Waals surface area contributed by atoms with Gasteiger partial charge in [-0.15, -0.1) is 0 Å². The monoisotopic (exact) mass is 512 g/mol. The molecule has 0 bridgehead atoms. The molecule has 0 radical (unpaired) electrons. The highest BCUT2D eigenvalue weighted by Gasteiger charge is 2.15. The summed E-state index contributed by atoms with van der Waals surface area (Å²) in [7, 11) is 2.17. The fourth-order valence-corrected chi connectivity index (χ4v) is 6.51. The first-order valence-corrected chi connectivity index (χ1v) is 13.8. The summed E-state index contributed by atoms with van der Waals surface area (Å²) in [6.07, 6.45) is 0. The molecule has 40 heavy (non-hydrogen) atoms. The molecule has 8 rings (SSSR count). The molecule has 0 amide bonds. The number of aryl methyl sites for hydroxylation is 2. The van der Waals surface area contributed by atoms with Crippen molar-refractivity contribution in [3.8, 4) is 27.9 Å². The van der Waals surface area contributed by atoms with E-state index in [9.17, 15) is 0 Å². The summed E-state index contributed by atoms with van der Waals surface area (Å²) in [6.45, 7) is 2.16. The van der Waals surface area contributed by atoms with Crippen molar-refractivity contribution < 1.29 is 0 Å². The van der Waals surface area contributed by atoms with E-state index < -0.39 is 0 Å². The Morgan fingerprint density at radius 3 is 1.88 bits per heavy atom. The number of hydrogen-bond acceptors (Lipinski definition) is 0. The summed E-state index contributed by atoms with van der Waals surface area (Å²) in [5.74, 6) is 0. The fraction of sp³-hybridized carbons (Fsp3) is 0.0526. The predicted octanol–water partition coefficient (Wildman–Crippen LogP) is 10.1.